The number of amides is 1. The summed E-state index contributed by atoms with van der Waals surface area (Å²) < 4.78 is 27.9. The monoisotopic (exact) mass is 338 g/mol. The van der Waals surface area contributed by atoms with E-state index < -0.39 is 10.0 Å². The molecule has 1 aromatic rings. The van der Waals surface area contributed by atoms with Crippen LogP contribution in [0, 0.1) is 27.7 Å². The average Bonchev–Trinajstić information content (AvgIpc) is 2.71. The lowest BCUT2D eigenvalue weighted by atomic mass is 10.0. The van der Waals surface area contributed by atoms with Gasteiger partial charge in [0.25, 0.3) is 0 Å². The Morgan fingerprint density at radius 1 is 0.957 bits per heavy atom. The molecule has 128 valence electrons. The lowest BCUT2D eigenvalue weighted by Gasteiger charge is -2.24. The van der Waals surface area contributed by atoms with Crippen molar-refractivity contribution in [3.05, 3.63) is 28.3 Å². The van der Waals surface area contributed by atoms with Crippen LogP contribution in [-0.4, -0.2) is 49.7 Å². The van der Waals surface area contributed by atoms with Gasteiger partial charge in [0.2, 0.25) is 15.9 Å². The maximum Gasteiger partial charge on any atom is 0.243 e. The van der Waals surface area contributed by atoms with E-state index in [-0.39, 0.29) is 5.91 Å². The number of rotatable bonds is 2. The van der Waals surface area contributed by atoms with E-state index in [2.05, 4.69) is 0 Å². The van der Waals surface area contributed by atoms with Gasteiger partial charge in [0, 0.05) is 33.1 Å². The fourth-order valence-corrected chi connectivity index (χ4v) is 5.19. The maximum atomic E-state index is 13.2. The molecule has 0 aromatic heterocycles. The summed E-state index contributed by atoms with van der Waals surface area (Å²) in [5, 5.41) is 0. The van der Waals surface area contributed by atoms with E-state index in [1.807, 2.05) is 33.8 Å². The van der Waals surface area contributed by atoms with Crippen molar-refractivity contribution in [1.29, 1.82) is 0 Å². The predicted molar refractivity (Wildman–Crippen MR) is 91.0 cm³/mol. The summed E-state index contributed by atoms with van der Waals surface area (Å²) in [6.45, 7) is 11.0. The van der Waals surface area contributed by atoms with Gasteiger partial charge in [-0.15, -0.1) is 0 Å². The van der Waals surface area contributed by atoms with Gasteiger partial charge >= 0.3 is 0 Å². The third kappa shape index (κ3) is 3.43. The molecule has 0 saturated carbocycles. The van der Waals surface area contributed by atoms with Crippen molar-refractivity contribution < 1.29 is 13.2 Å². The summed E-state index contributed by atoms with van der Waals surface area (Å²) in [4.78, 5) is 13.7. The zero-order valence-corrected chi connectivity index (χ0v) is 15.5. The number of nitrogens with zero attached hydrogens (tertiary/aromatic N) is 2. The topological polar surface area (TPSA) is 57.7 Å². The third-order valence-corrected chi connectivity index (χ3v) is 6.97. The normalized spacial score (nSPS) is 17.2. The largest absolute Gasteiger partial charge is 0.342 e. The van der Waals surface area contributed by atoms with Gasteiger partial charge in [-0.1, -0.05) is 6.07 Å². The minimum Gasteiger partial charge on any atom is -0.342 e. The van der Waals surface area contributed by atoms with Crippen LogP contribution in [0.4, 0.5) is 0 Å². The molecule has 23 heavy (non-hydrogen) atoms. The van der Waals surface area contributed by atoms with Crippen LogP contribution in [0.5, 0.6) is 0 Å². The fraction of sp³-hybridized carbons (Fsp3) is 0.588. The van der Waals surface area contributed by atoms with E-state index in [0.717, 1.165) is 22.3 Å². The molecule has 2 rings (SSSR count). The van der Waals surface area contributed by atoms with Crippen molar-refractivity contribution in [2.45, 2.75) is 45.9 Å². The fourth-order valence-electron chi connectivity index (χ4n) is 3.15. The first-order valence-electron chi connectivity index (χ1n) is 7.99. The van der Waals surface area contributed by atoms with E-state index in [1.165, 1.54) is 11.2 Å². The molecule has 1 heterocycles. The second-order valence-electron chi connectivity index (χ2n) is 6.35. The second kappa shape index (κ2) is 6.61. The lowest BCUT2D eigenvalue weighted by Crippen LogP contribution is -2.37. The van der Waals surface area contributed by atoms with E-state index in [9.17, 15) is 13.2 Å². The molecule has 0 bridgehead atoms. The quantitative estimate of drug-likeness (QED) is 0.830. The minimum absolute atomic E-state index is 0.00279. The molecule has 1 aliphatic heterocycles. The van der Waals surface area contributed by atoms with Crippen LogP contribution in [0.3, 0.4) is 0 Å². The van der Waals surface area contributed by atoms with Crippen molar-refractivity contribution in [3.63, 3.8) is 0 Å². The lowest BCUT2D eigenvalue weighted by molar-refractivity contribution is -0.128. The molecule has 0 N–H and O–H groups in total. The van der Waals surface area contributed by atoms with Crippen LogP contribution in [-0.2, 0) is 14.8 Å². The number of hydrogen-bond donors (Lipinski definition) is 0. The summed E-state index contributed by atoms with van der Waals surface area (Å²) >= 11 is 0. The van der Waals surface area contributed by atoms with E-state index in [0.29, 0.717) is 37.5 Å². The first kappa shape index (κ1) is 17.9. The van der Waals surface area contributed by atoms with Gasteiger partial charge in [-0.3, -0.25) is 4.79 Å². The van der Waals surface area contributed by atoms with E-state index >= 15 is 0 Å². The summed E-state index contributed by atoms with van der Waals surface area (Å²) in [5.74, 6) is 0.00279. The Morgan fingerprint density at radius 2 is 1.52 bits per heavy atom. The molecule has 5 nitrogen and oxygen atoms in total. The van der Waals surface area contributed by atoms with Crippen LogP contribution in [0.25, 0.3) is 0 Å². The molecule has 0 unspecified atom stereocenters. The first-order valence-corrected chi connectivity index (χ1v) is 9.43. The molecule has 1 fully saturated rings. The van der Waals surface area contributed by atoms with Crippen LogP contribution in [0.2, 0.25) is 0 Å². The number of aryl methyl sites for hydroxylation is 2. The second-order valence-corrected chi connectivity index (χ2v) is 8.23. The molecule has 1 amide bonds. The van der Waals surface area contributed by atoms with Crippen LogP contribution < -0.4 is 0 Å². The zero-order valence-electron chi connectivity index (χ0n) is 14.6. The smallest absolute Gasteiger partial charge is 0.243 e. The Hall–Kier alpha value is -1.40. The Kier molecular flexibility index (Phi) is 5.16. The molecule has 1 saturated heterocycles. The predicted octanol–water partition coefficient (Wildman–Crippen LogP) is 2.16. The van der Waals surface area contributed by atoms with Gasteiger partial charge in [-0.25, -0.2) is 8.42 Å². The van der Waals surface area contributed by atoms with Crippen molar-refractivity contribution in [2.75, 3.05) is 26.2 Å². The Labute approximate surface area is 139 Å². The third-order valence-electron chi connectivity index (χ3n) is 4.80. The van der Waals surface area contributed by atoms with E-state index in [1.54, 1.807) is 4.90 Å². The SMILES string of the molecule is CC(=O)N1CCCN(S(=O)(=O)c2c(C)c(C)cc(C)c2C)CC1. The van der Waals surface area contributed by atoms with Crippen molar-refractivity contribution in [3.8, 4) is 0 Å². The molecular formula is C17H26N2O3S. The average molecular weight is 338 g/mol. The first-order chi connectivity index (χ1) is 10.7. The Morgan fingerprint density at radius 3 is 2.04 bits per heavy atom. The van der Waals surface area contributed by atoms with Crippen LogP contribution in [0.15, 0.2) is 11.0 Å². The molecule has 1 aromatic carbocycles. The molecule has 0 spiro atoms. The molecular weight excluding hydrogens is 312 g/mol. The van der Waals surface area contributed by atoms with Gasteiger partial charge < -0.3 is 4.90 Å². The van der Waals surface area contributed by atoms with Crippen LogP contribution >= 0.6 is 0 Å². The summed E-state index contributed by atoms with van der Waals surface area (Å²) in [7, 11) is -3.55. The Balaban J connectivity index is 2.42. The molecule has 6 heteroatoms. The number of benzene rings is 1. The summed E-state index contributed by atoms with van der Waals surface area (Å²) in [5.41, 5.74) is 3.63. The van der Waals surface area contributed by atoms with Crippen molar-refractivity contribution in [1.82, 2.24) is 9.21 Å². The highest BCUT2D eigenvalue weighted by molar-refractivity contribution is 7.89. The number of carbonyl (C=O) groups excluding carboxylic acids is 1. The van der Waals surface area contributed by atoms with Crippen molar-refractivity contribution >= 4 is 15.9 Å². The molecule has 0 aliphatic carbocycles. The van der Waals surface area contributed by atoms with Gasteiger partial charge in [0.1, 0.15) is 0 Å². The van der Waals surface area contributed by atoms with Gasteiger partial charge in [0.15, 0.2) is 0 Å². The van der Waals surface area contributed by atoms with Crippen molar-refractivity contribution in [2.24, 2.45) is 0 Å². The standard InChI is InChI=1S/C17H26N2O3S/c1-12-11-13(2)15(4)17(14(12)3)23(21,22)19-8-6-7-18(9-10-19)16(5)20/h11H,6-10H2,1-5H3. The minimum atomic E-state index is -3.55. The summed E-state index contributed by atoms with van der Waals surface area (Å²) in [6.07, 6.45) is 0.668. The van der Waals surface area contributed by atoms with Gasteiger partial charge in [-0.05, 0) is 56.4 Å². The molecule has 0 radical (unpaired) electrons. The number of hydrogen-bond acceptors (Lipinski definition) is 3. The summed E-state index contributed by atoms with van der Waals surface area (Å²) in [6, 6.07) is 2.03. The highest BCUT2D eigenvalue weighted by Crippen LogP contribution is 2.29. The molecule has 1 aliphatic rings. The zero-order chi connectivity index (χ0) is 17.4. The Bertz CT molecular complexity index is 700. The highest BCUT2D eigenvalue weighted by atomic mass is 32.2. The van der Waals surface area contributed by atoms with Crippen LogP contribution in [0.1, 0.15) is 35.6 Å². The van der Waals surface area contributed by atoms with Gasteiger partial charge in [0.05, 0.1) is 4.90 Å². The number of sulfonamides is 1. The van der Waals surface area contributed by atoms with E-state index in [4.69, 9.17) is 0 Å². The highest BCUT2D eigenvalue weighted by Gasteiger charge is 2.30. The van der Waals surface area contributed by atoms with Gasteiger partial charge in [-0.2, -0.15) is 4.31 Å². The molecule has 0 atom stereocenters. The number of carbonyl (C=O) groups is 1. The maximum absolute atomic E-state index is 13.2.